The normalized spacial score (nSPS) is 12.1. The van der Waals surface area contributed by atoms with Crippen LogP contribution < -0.4 is 5.32 Å². The largest absolute Gasteiger partial charge is 0.382 e. The van der Waals surface area contributed by atoms with Gasteiger partial charge in [0.1, 0.15) is 6.33 Å². The number of hydrogen-bond acceptors (Lipinski definition) is 5. The molecule has 1 aromatic heterocycles. The third-order valence-electron chi connectivity index (χ3n) is 3.17. The van der Waals surface area contributed by atoms with E-state index in [0.717, 1.165) is 12.1 Å². The number of ether oxygens (including phenoxy) is 1. The van der Waals surface area contributed by atoms with Gasteiger partial charge in [0.2, 0.25) is 5.91 Å². The Labute approximate surface area is 140 Å². The summed E-state index contributed by atoms with van der Waals surface area (Å²) in [4.78, 5) is 12.1. The zero-order valence-corrected chi connectivity index (χ0v) is 14.3. The van der Waals surface area contributed by atoms with E-state index in [9.17, 15) is 4.79 Å². The van der Waals surface area contributed by atoms with E-state index < -0.39 is 0 Å². The van der Waals surface area contributed by atoms with Crippen molar-refractivity contribution in [1.82, 2.24) is 20.1 Å². The van der Waals surface area contributed by atoms with Crippen LogP contribution in [0.3, 0.4) is 0 Å². The highest BCUT2D eigenvalue weighted by atomic mass is 32.2. The van der Waals surface area contributed by atoms with E-state index in [-0.39, 0.29) is 11.2 Å². The van der Waals surface area contributed by atoms with E-state index in [1.54, 1.807) is 6.33 Å². The van der Waals surface area contributed by atoms with Crippen LogP contribution in [0.1, 0.15) is 20.3 Å². The first-order chi connectivity index (χ1) is 11.2. The lowest BCUT2D eigenvalue weighted by molar-refractivity contribution is -0.120. The van der Waals surface area contributed by atoms with Crippen molar-refractivity contribution in [2.45, 2.75) is 30.7 Å². The van der Waals surface area contributed by atoms with Gasteiger partial charge in [-0.15, -0.1) is 10.2 Å². The molecule has 1 amide bonds. The van der Waals surface area contributed by atoms with Crippen LogP contribution in [0.15, 0.2) is 41.8 Å². The summed E-state index contributed by atoms with van der Waals surface area (Å²) < 4.78 is 7.13. The van der Waals surface area contributed by atoms with Crippen LogP contribution in [0.2, 0.25) is 0 Å². The lowest BCUT2D eigenvalue weighted by Gasteiger charge is -2.12. The summed E-state index contributed by atoms with van der Waals surface area (Å²) in [7, 11) is 0. The molecule has 6 nitrogen and oxygen atoms in total. The zero-order chi connectivity index (χ0) is 16.5. The first-order valence-electron chi connectivity index (χ1n) is 7.70. The second kappa shape index (κ2) is 9.32. The lowest BCUT2D eigenvalue weighted by Crippen LogP contribution is -2.32. The molecule has 0 spiro atoms. The van der Waals surface area contributed by atoms with Crippen molar-refractivity contribution in [2.75, 3.05) is 19.8 Å². The fourth-order valence-corrected chi connectivity index (χ4v) is 2.82. The van der Waals surface area contributed by atoms with Crippen molar-refractivity contribution in [3.63, 3.8) is 0 Å². The molecule has 0 saturated carbocycles. The maximum Gasteiger partial charge on any atom is 0.233 e. The topological polar surface area (TPSA) is 69.0 Å². The Balaban J connectivity index is 1.87. The predicted molar refractivity (Wildman–Crippen MR) is 90.8 cm³/mol. The molecule has 0 aliphatic rings. The van der Waals surface area contributed by atoms with Crippen LogP contribution in [0, 0.1) is 0 Å². The fraction of sp³-hybridized carbons (Fsp3) is 0.438. The van der Waals surface area contributed by atoms with Crippen molar-refractivity contribution in [3.05, 3.63) is 36.7 Å². The number of para-hydroxylation sites is 1. The molecule has 0 saturated heterocycles. The van der Waals surface area contributed by atoms with E-state index >= 15 is 0 Å². The average molecular weight is 334 g/mol. The number of aromatic nitrogens is 3. The number of carbonyl (C=O) groups is 1. The van der Waals surface area contributed by atoms with Crippen LogP contribution in [0.25, 0.3) is 5.69 Å². The van der Waals surface area contributed by atoms with Gasteiger partial charge in [-0.2, -0.15) is 0 Å². The monoisotopic (exact) mass is 334 g/mol. The molecule has 23 heavy (non-hydrogen) atoms. The third-order valence-corrected chi connectivity index (χ3v) is 4.23. The predicted octanol–water partition coefficient (Wildman–Crippen LogP) is 2.29. The molecule has 2 aromatic rings. The number of hydrogen-bond donors (Lipinski definition) is 1. The fourth-order valence-electron chi connectivity index (χ4n) is 1.96. The van der Waals surface area contributed by atoms with Gasteiger partial charge in [-0.3, -0.25) is 9.36 Å². The molecule has 0 fully saturated rings. The third kappa shape index (κ3) is 5.37. The van der Waals surface area contributed by atoms with Gasteiger partial charge in [0.15, 0.2) is 5.16 Å². The maximum absolute atomic E-state index is 12.1. The number of thioether (sulfide) groups is 1. The Morgan fingerprint density at radius 3 is 2.91 bits per heavy atom. The molecule has 0 aliphatic carbocycles. The van der Waals surface area contributed by atoms with Gasteiger partial charge >= 0.3 is 0 Å². The highest BCUT2D eigenvalue weighted by molar-refractivity contribution is 8.00. The summed E-state index contributed by atoms with van der Waals surface area (Å²) in [5, 5.41) is 11.4. The van der Waals surface area contributed by atoms with Crippen molar-refractivity contribution < 1.29 is 9.53 Å². The summed E-state index contributed by atoms with van der Waals surface area (Å²) in [5.74, 6) is -0.00545. The van der Waals surface area contributed by atoms with Crippen LogP contribution in [-0.4, -0.2) is 45.7 Å². The highest BCUT2D eigenvalue weighted by Gasteiger charge is 2.17. The minimum atomic E-state index is -0.242. The number of nitrogens with zero attached hydrogens (tertiary/aromatic N) is 3. The summed E-state index contributed by atoms with van der Waals surface area (Å²) in [6.07, 6.45) is 2.47. The summed E-state index contributed by atoms with van der Waals surface area (Å²) >= 11 is 1.39. The second-order valence-corrected chi connectivity index (χ2v) is 6.23. The average Bonchev–Trinajstić information content (AvgIpc) is 3.03. The summed E-state index contributed by atoms with van der Waals surface area (Å²) in [6.45, 7) is 5.82. The molecule has 1 N–H and O–H groups in total. The second-order valence-electron chi connectivity index (χ2n) is 4.92. The van der Waals surface area contributed by atoms with Crippen LogP contribution >= 0.6 is 11.8 Å². The SMILES string of the molecule is CCOCCCNC(=O)C(C)Sc1nncn1-c1ccccc1. The number of nitrogens with one attached hydrogen (secondary N) is 1. The Kier molecular flexibility index (Phi) is 7.09. The van der Waals surface area contributed by atoms with Gasteiger partial charge in [0, 0.05) is 25.4 Å². The molecule has 1 atom stereocenters. The van der Waals surface area contributed by atoms with Crippen LogP contribution in [0.4, 0.5) is 0 Å². The molecule has 1 heterocycles. The van der Waals surface area contributed by atoms with Gasteiger partial charge in [-0.25, -0.2) is 0 Å². The Morgan fingerprint density at radius 1 is 1.39 bits per heavy atom. The summed E-state index contributed by atoms with van der Waals surface area (Å²) in [5.41, 5.74) is 0.976. The molecule has 0 bridgehead atoms. The van der Waals surface area contributed by atoms with Gasteiger partial charge < -0.3 is 10.1 Å². The Hall–Kier alpha value is -1.86. The van der Waals surface area contributed by atoms with Gasteiger partial charge in [-0.1, -0.05) is 30.0 Å². The molecule has 0 aliphatic heterocycles. The number of amides is 1. The number of carbonyl (C=O) groups excluding carboxylic acids is 1. The molecule has 1 aromatic carbocycles. The Morgan fingerprint density at radius 2 is 2.17 bits per heavy atom. The smallest absolute Gasteiger partial charge is 0.233 e. The lowest BCUT2D eigenvalue weighted by atomic mass is 10.3. The van der Waals surface area contributed by atoms with E-state index in [1.807, 2.05) is 48.7 Å². The molecule has 7 heteroatoms. The molecule has 124 valence electrons. The van der Waals surface area contributed by atoms with Crippen molar-refractivity contribution in [3.8, 4) is 5.69 Å². The first kappa shape index (κ1) is 17.5. The van der Waals surface area contributed by atoms with E-state index in [2.05, 4.69) is 15.5 Å². The van der Waals surface area contributed by atoms with Gasteiger partial charge in [-0.05, 0) is 32.4 Å². The Bertz CT molecular complexity index is 603. The van der Waals surface area contributed by atoms with E-state index in [4.69, 9.17) is 4.74 Å². The van der Waals surface area contributed by atoms with Gasteiger partial charge in [0.25, 0.3) is 0 Å². The highest BCUT2D eigenvalue weighted by Crippen LogP contribution is 2.23. The molecule has 2 rings (SSSR count). The number of rotatable bonds is 9. The van der Waals surface area contributed by atoms with Crippen LogP contribution in [0.5, 0.6) is 0 Å². The minimum Gasteiger partial charge on any atom is -0.382 e. The minimum absolute atomic E-state index is 0.00545. The van der Waals surface area contributed by atoms with E-state index in [0.29, 0.717) is 24.9 Å². The number of benzene rings is 1. The first-order valence-corrected chi connectivity index (χ1v) is 8.58. The molecule has 0 radical (unpaired) electrons. The van der Waals surface area contributed by atoms with Crippen molar-refractivity contribution in [1.29, 1.82) is 0 Å². The standard InChI is InChI=1S/C16H22N4O2S/c1-3-22-11-7-10-17-15(21)13(2)23-16-19-18-12-20(16)14-8-5-4-6-9-14/h4-6,8-9,12-13H,3,7,10-11H2,1-2H3,(H,17,21). The summed E-state index contributed by atoms with van der Waals surface area (Å²) in [6, 6.07) is 9.83. The van der Waals surface area contributed by atoms with Crippen molar-refractivity contribution in [2.24, 2.45) is 0 Å². The quantitative estimate of drug-likeness (QED) is 0.563. The van der Waals surface area contributed by atoms with Gasteiger partial charge in [0.05, 0.1) is 5.25 Å². The van der Waals surface area contributed by atoms with Crippen LogP contribution in [-0.2, 0) is 9.53 Å². The van der Waals surface area contributed by atoms with Crippen molar-refractivity contribution >= 4 is 17.7 Å². The van der Waals surface area contributed by atoms with E-state index in [1.165, 1.54) is 11.8 Å². The molecule has 1 unspecified atom stereocenters. The zero-order valence-electron chi connectivity index (χ0n) is 13.4. The maximum atomic E-state index is 12.1. The molecular weight excluding hydrogens is 312 g/mol. The molecular formula is C16H22N4O2S.